The fourth-order valence-corrected chi connectivity index (χ4v) is 2.57. The van der Waals surface area contributed by atoms with Crippen molar-refractivity contribution in [2.24, 2.45) is 0 Å². The van der Waals surface area contributed by atoms with Crippen LogP contribution in [0.2, 0.25) is 10.0 Å². The van der Waals surface area contributed by atoms with Crippen LogP contribution in [0.3, 0.4) is 0 Å². The summed E-state index contributed by atoms with van der Waals surface area (Å²) in [4.78, 5) is 0. The molecule has 0 saturated heterocycles. The van der Waals surface area contributed by atoms with E-state index in [0.29, 0.717) is 26.8 Å². The van der Waals surface area contributed by atoms with E-state index in [1.807, 2.05) is 6.92 Å². The van der Waals surface area contributed by atoms with Crippen molar-refractivity contribution < 1.29 is 5.11 Å². The Morgan fingerprint density at radius 3 is 2.50 bits per heavy atom. The van der Waals surface area contributed by atoms with Gasteiger partial charge < -0.3 is 10.4 Å². The Balaban J connectivity index is 2.48. The molecule has 0 saturated carbocycles. The summed E-state index contributed by atoms with van der Waals surface area (Å²) >= 11 is 13.3. The predicted molar refractivity (Wildman–Crippen MR) is 76.8 cm³/mol. The highest BCUT2D eigenvalue weighted by molar-refractivity contribution is 7.00. The molecule has 0 aliphatic heterocycles. The van der Waals surface area contributed by atoms with Gasteiger partial charge in [-0.05, 0) is 26.8 Å². The second kappa shape index (κ2) is 4.81. The maximum atomic E-state index is 9.95. The molecule has 0 aliphatic carbocycles. The van der Waals surface area contributed by atoms with Crippen LogP contribution in [0.25, 0.3) is 11.0 Å². The highest BCUT2D eigenvalue weighted by atomic mass is 35.5. The van der Waals surface area contributed by atoms with E-state index in [-0.39, 0.29) is 6.04 Å². The van der Waals surface area contributed by atoms with E-state index in [1.165, 1.54) is 0 Å². The van der Waals surface area contributed by atoms with Gasteiger partial charge in [0.2, 0.25) is 0 Å². The number of rotatable bonds is 3. The molecule has 0 amide bonds. The minimum absolute atomic E-state index is 0.193. The van der Waals surface area contributed by atoms with Crippen LogP contribution >= 0.6 is 34.9 Å². The van der Waals surface area contributed by atoms with Crippen molar-refractivity contribution in [1.29, 1.82) is 0 Å². The van der Waals surface area contributed by atoms with Crippen molar-refractivity contribution in [2.45, 2.75) is 32.4 Å². The Kier molecular flexibility index (Phi) is 3.69. The van der Waals surface area contributed by atoms with E-state index < -0.39 is 5.60 Å². The molecular weight excluding hydrogens is 293 g/mol. The molecule has 0 radical (unpaired) electrons. The van der Waals surface area contributed by atoms with Crippen LogP contribution in [-0.4, -0.2) is 25.5 Å². The van der Waals surface area contributed by atoms with E-state index in [2.05, 4.69) is 14.1 Å². The molecule has 4 nitrogen and oxygen atoms in total. The molecule has 2 aromatic rings. The number of hydrogen-bond donors (Lipinski definition) is 2. The smallest absolute Gasteiger partial charge is 0.130 e. The first kappa shape index (κ1) is 13.8. The first-order valence-electron chi connectivity index (χ1n) is 5.40. The van der Waals surface area contributed by atoms with Gasteiger partial charge in [0.1, 0.15) is 11.0 Å². The molecule has 0 spiro atoms. The second-order valence-electron chi connectivity index (χ2n) is 4.70. The predicted octanol–water partition coefficient (Wildman–Crippen LogP) is 3.57. The average Bonchev–Trinajstić information content (AvgIpc) is 2.71. The van der Waals surface area contributed by atoms with Gasteiger partial charge >= 0.3 is 0 Å². The van der Waals surface area contributed by atoms with Gasteiger partial charge in [-0.1, -0.05) is 23.2 Å². The van der Waals surface area contributed by atoms with Gasteiger partial charge in [-0.15, -0.1) is 0 Å². The van der Waals surface area contributed by atoms with Crippen molar-refractivity contribution >= 4 is 51.7 Å². The minimum atomic E-state index is -0.876. The lowest BCUT2D eigenvalue weighted by molar-refractivity contribution is 0.0649. The molecule has 0 aliphatic rings. The summed E-state index contributed by atoms with van der Waals surface area (Å²) in [7, 11) is 0. The lowest BCUT2D eigenvalue weighted by atomic mass is 10.0. The Bertz CT molecular complexity index is 579. The molecule has 1 aromatic carbocycles. The van der Waals surface area contributed by atoms with E-state index in [9.17, 15) is 5.11 Å². The topological polar surface area (TPSA) is 58.0 Å². The molecule has 98 valence electrons. The third kappa shape index (κ3) is 2.54. The zero-order valence-corrected chi connectivity index (χ0v) is 12.5. The number of anilines is 1. The van der Waals surface area contributed by atoms with Crippen molar-refractivity contribution in [1.82, 2.24) is 8.75 Å². The maximum Gasteiger partial charge on any atom is 0.130 e. The number of nitrogens with zero attached hydrogens (tertiary/aromatic N) is 2. The van der Waals surface area contributed by atoms with Crippen molar-refractivity contribution in [2.75, 3.05) is 5.32 Å². The van der Waals surface area contributed by atoms with Gasteiger partial charge in [-0.3, -0.25) is 0 Å². The first-order valence-corrected chi connectivity index (χ1v) is 6.88. The molecule has 1 unspecified atom stereocenters. The molecule has 1 aromatic heterocycles. The number of benzene rings is 1. The van der Waals surface area contributed by atoms with E-state index in [0.717, 1.165) is 11.7 Å². The Morgan fingerprint density at radius 2 is 1.89 bits per heavy atom. The van der Waals surface area contributed by atoms with Crippen molar-refractivity contribution in [3.63, 3.8) is 0 Å². The zero-order chi connectivity index (χ0) is 13.5. The van der Waals surface area contributed by atoms with E-state index in [4.69, 9.17) is 23.2 Å². The lowest BCUT2D eigenvalue weighted by Crippen LogP contribution is -2.39. The van der Waals surface area contributed by atoms with Gasteiger partial charge in [0.25, 0.3) is 0 Å². The van der Waals surface area contributed by atoms with Crippen molar-refractivity contribution in [3.05, 3.63) is 16.1 Å². The summed E-state index contributed by atoms with van der Waals surface area (Å²) in [6, 6.07) is 1.44. The van der Waals surface area contributed by atoms with Crippen LogP contribution in [0.5, 0.6) is 0 Å². The summed E-state index contributed by atoms with van der Waals surface area (Å²) in [5, 5.41) is 14.1. The molecule has 0 bridgehead atoms. The normalized spacial score (nSPS) is 13.9. The molecule has 2 rings (SSSR count). The summed E-state index contributed by atoms with van der Waals surface area (Å²) < 4.78 is 8.32. The minimum Gasteiger partial charge on any atom is -0.388 e. The zero-order valence-electron chi connectivity index (χ0n) is 10.2. The summed E-state index contributed by atoms with van der Waals surface area (Å²) in [6.07, 6.45) is 0. The summed E-state index contributed by atoms with van der Waals surface area (Å²) in [6.45, 7) is 5.33. The standard InChI is InChI=1S/C11H13Cl2N3OS/c1-5(11(2,3)17)14-8-6(12)4-7(13)9-10(8)16-18-15-9/h4-5,14,17H,1-3H3. The fourth-order valence-electron chi connectivity index (χ4n) is 1.40. The number of nitrogens with one attached hydrogen (secondary N) is 1. The third-order valence-electron chi connectivity index (χ3n) is 2.86. The first-order chi connectivity index (χ1) is 8.30. The van der Waals surface area contributed by atoms with Crippen LogP contribution in [0.4, 0.5) is 5.69 Å². The van der Waals surface area contributed by atoms with Gasteiger partial charge in [0, 0.05) is 0 Å². The average molecular weight is 306 g/mol. The maximum absolute atomic E-state index is 9.95. The van der Waals surface area contributed by atoms with Crippen LogP contribution in [0, 0.1) is 0 Å². The highest BCUT2D eigenvalue weighted by Gasteiger charge is 2.24. The molecular formula is C11H13Cl2N3OS. The monoisotopic (exact) mass is 305 g/mol. The van der Waals surface area contributed by atoms with E-state index >= 15 is 0 Å². The Morgan fingerprint density at radius 1 is 1.28 bits per heavy atom. The molecule has 1 heterocycles. The molecule has 1 atom stereocenters. The van der Waals surface area contributed by atoms with Crippen LogP contribution < -0.4 is 5.32 Å². The van der Waals surface area contributed by atoms with Gasteiger partial charge in [-0.25, -0.2) is 0 Å². The quantitative estimate of drug-likeness (QED) is 0.910. The SMILES string of the molecule is CC(Nc1c(Cl)cc(Cl)c2nsnc12)C(C)(C)O. The third-order valence-corrected chi connectivity index (χ3v) is 3.98. The highest BCUT2D eigenvalue weighted by Crippen LogP contribution is 2.36. The molecule has 0 fully saturated rings. The lowest BCUT2D eigenvalue weighted by Gasteiger charge is -2.28. The fraction of sp³-hybridized carbons (Fsp3) is 0.455. The number of halogens is 2. The largest absolute Gasteiger partial charge is 0.388 e. The van der Waals surface area contributed by atoms with Gasteiger partial charge in [0.05, 0.1) is 39.1 Å². The summed E-state index contributed by atoms with van der Waals surface area (Å²) in [5.74, 6) is 0. The van der Waals surface area contributed by atoms with Gasteiger partial charge in [-0.2, -0.15) is 8.75 Å². The molecule has 2 N–H and O–H groups in total. The van der Waals surface area contributed by atoms with Crippen LogP contribution in [0.1, 0.15) is 20.8 Å². The van der Waals surface area contributed by atoms with Crippen molar-refractivity contribution in [3.8, 4) is 0 Å². The number of fused-ring (bicyclic) bond motifs is 1. The number of aliphatic hydroxyl groups is 1. The number of aromatic nitrogens is 2. The number of hydrogen-bond acceptors (Lipinski definition) is 5. The molecule has 18 heavy (non-hydrogen) atoms. The van der Waals surface area contributed by atoms with Gasteiger partial charge in [0.15, 0.2) is 0 Å². The second-order valence-corrected chi connectivity index (χ2v) is 6.04. The van der Waals surface area contributed by atoms with Crippen LogP contribution in [0.15, 0.2) is 6.07 Å². The molecule has 7 heteroatoms. The van der Waals surface area contributed by atoms with Crippen LogP contribution in [-0.2, 0) is 0 Å². The Hall–Kier alpha value is -0.620. The van der Waals surface area contributed by atoms with E-state index in [1.54, 1.807) is 19.9 Å². The summed E-state index contributed by atoms with van der Waals surface area (Å²) in [5.41, 5.74) is 1.03. The Labute approximate surface area is 119 Å².